The first-order chi connectivity index (χ1) is 11.4. The molecular formula is C17H23N3O4. The average molecular weight is 333 g/mol. The van der Waals surface area contributed by atoms with Crippen LogP contribution in [-0.2, 0) is 19.1 Å². The molecule has 0 radical (unpaired) electrons. The van der Waals surface area contributed by atoms with Gasteiger partial charge in [0, 0.05) is 18.8 Å². The summed E-state index contributed by atoms with van der Waals surface area (Å²) in [7, 11) is 1.28. The molecule has 0 aliphatic carbocycles. The van der Waals surface area contributed by atoms with E-state index in [1.807, 2.05) is 32.0 Å². The fraction of sp³-hybridized carbons (Fsp3) is 0.471. The third-order valence-electron chi connectivity index (χ3n) is 4.04. The molecule has 7 nitrogen and oxygen atoms in total. The number of nitrogens with one attached hydrogen (secondary N) is 2. The molecule has 2 N–H and O–H groups in total. The van der Waals surface area contributed by atoms with Crippen LogP contribution in [-0.4, -0.2) is 55.5 Å². The quantitative estimate of drug-likeness (QED) is 0.771. The summed E-state index contributed by atoms with van der Waals surface area (Å²) in [5.74, 6) is -0.948. The molecule has 24 heavy (non-hydrogen) atoms. The molecule has 7 heteroatoms. The van der Waals surface area contributed by atoms with Gasteiger partial charge in [-0.3, -0.25) is 19.3 Å². The molecule has 1 aromatic rings. The molecule has 1 heterocycles. The van der Waals surface area contributed by atoms with E-state index in [1.54, 1.807) is 4.90 Å². The summed E-state index contributed by atoms with van der Waals surface area (Å²) in [5.41, 5.74) is 2.78. The number of methoxy groups -OCH3 is 1. The Morgan fingerprint density at radius 3 is 2.83 bits per heavy atom. The highest BCUT2D eigenvalue weighted by molar-refractivity contribution is 5.94. The lowest BCUT2D eigenvalue weighted by Gasteiger charge is -2.33. The molecule has 2 amide bonds. The molecule has 1 atom stereocenters. The number of carbonyl (C=O) groups is 3. The minimum absolute atomic E-state index is 0.0441. The standard InChI is InChI=1S/C17H23N3O4/c1-11-4-5-12(2)13(8-11)19-15(21)10-20-7-6-18-17(23)14(20)9-16(22)24-3/h4-5,8,14H,6-7,9-10H2,1-3H3,(H,18,23)(H,19,21). The molecule has 1 aliphatic heterocycles. The second-order valence-electron chi connectivity index (χ2n) is 5.92. The van der Waals surface area contributed by atoms with E-state index in [0.29, 0.717) is 13.1 Å². The van der Waals surface area contributed by atoms with Crippen molar-refractivity contribution in [2.24, 2.45) is 0 Å². The average Bonchev–Trinajstić information content (AvgIpc) is 2.54. The number of hydrogen-bond acceptors (Lipinski definition) is 5. The van der Waals surface area contributed by atoms with E-state index < -0.39 is 12.0 Å². The van der Waals surface area contributed by atoms with Crippen molar-refractivity contribution in [3.63, 3.8) is 0 Å². The van der Waals surface area contributed by atoms with Gasteiger partial charge in [-0.05, 0) is 31.0 Å². The lowest BCUT2D eigenvalue weighted by Crippen LogP contribution is -2.57. The van der Waals surface area contributed by atoms with Gasteiger partial charge in [-0.1, -0.05) is 12.1 Å². The van der Waals surface area contributed by atoms with E-state index in [2.05, 4.69) is 15.4 Å². The second kappa shape index (κ2) is 7.92. The van der Waals surface area contributed by atoms with Gasteiger partial charge in [0.25, 0.3) is 0 Å². The fourth-order valence-corrected chi connectivity index (χ4v) is 2.66. The molecule has 0 aromatic heterocycles. The Morgan fingerprint density at radius 2 is 2.12 bits per heavy atom. The van der Waals surface area contributed by atoms with Gasteiger partial charge in [-0.15, -0.1) is 0 Å². The number of esters is 1. The molecule has 1 fully saturated rings. The first-order valence-electron chi connectivity index (χ1n) is 7.86. The Morgan fingerprint density at radius 1 is 1.38 bits per heavy atom. The van der Waals surface area contributed by atoms with Gasteiger partial charge in [0.05, 0.1) is 20.1 Å². The van der Waals surface area contributed by atoms with Crippen LogP contribution < -0.4 is 10.6 Å². The minimum atomic E-state index is -0.685. The zero-order valence-corrected chi connectivity index (χ0v) is 14.2. The van der Waals surface area contributed by atoms with Crippen LogP contribution in [0.15, 0.2) is 18.2 Å². The van der Waals surface area contributed by atoms with Crippen LogP contribution in [0.3, 0.4) is 0 Å². The van der Waals surface area contributed by atoms with Crippen LogP contribution in [0, 0.1) is 13.8 Å². The van der Waals surface area contributed by atoms with E-state index in [4.69, 9.17) is 0 Å². The zero-order valence-electron chi connectivity index (χ0n) is 14.2. The van der Waals surface area contributed by atoms with Gasteiger partial charge < -0.3 is 15.4 Å². The lowest BCUT2D eigenvalue weighted by molar-refractivity contribution is -0.146. The Labute approximate surface area is 141 Å². The van der Waals surface area contributed by atoms with Crippen LogP contribution in [0.4, 0.5) is 5.69 Å². The van der Waals surface area contributed by atoms with Crippen molar-refractivity contribution in [2.75, 3.05) is 32.1 Å². The SMILES string of the molecule is COC(=O)CC1C(=O)NCCN1CC(=O)Nc1cc(C)ccc1C. The molecule has 2 rings (SSSR count). The van der Waals surface area contributed by atoms with Crippen molar-refractivity contribution < 1.29 is 19.1 Å². The highest BCUT2D eigenvalue weighted by atomic mass is 16.5. The number of piperazine rings is 1. The largest absolute Gasteiger partial charge is 0.469 e. The number of anilines is 1. The molecule has 1 unspecified atom stereocenters. The van der Waals surface area contributed by atoms with Crippen molar-refractivity contribution in [2.45, 2.75) is 26.3 Å². The summed E-state index contributed by atoms with van der Waals surface area (Å²) < 4.78 is 4.63. The van der Waals surface area contributed by atoms with Gasteiger partial charge in [-0.2, -0.15) is 0 Å². The summed E-state index contributed by atoms with van der Waals surface area (Å²) in [4.78, 5) is 37.6. The number of benzene rings is 1. The first-order valence-corrected chi connectivity index (χ1v) is 7.86. The van der Waals surface area contributed by atoms with Crippen LogP contribution in [0.5, 0.6) is 0 Å². The van der Waals surface area contributed by atoms with E-state index in [1.165, 1.54) is 7.11 Å². The Bertz CT molecular complexity index is 645. The molecule has 1 aromatic carbocycles. The Kier molecular flexibility index (Phi) is 5.92. The molecule has 1 saturated heterocycles. The summed E-state index contributed by atoms with van der Waals surface area (Å²) in [6.45, 7) is 4.88. The number of nitrogens with zero attached hydrogens (tertiary/aromatic N) is 1. The van der Waals surface area contributed by atoms with Gasteiger partial charge in [-0.25, -0.2) is 0 Å². The number of rotatable bonds is 5. The predicted molar refractivity (Wildman–Crippen MR) is 89.5 cm³/mol. The van der Waals surface area contributed by atoms with Crippen LogP contribution >= 0.6 is 0 Å². The monoisotopic (exact) mass is 333 g/mol. The summed E-state index contributed by atoms with van der Waals surface area (Å²) in [6, 6.07) is 5.14. The molecule has 0 saturated carbocycles. The van der Waals surface area contributed by atoms with Crippen LogP contribution in [0.2, 0.25) is 0 Å². The third kappa shape index (κ3) is 4.55. The highest BCUT2D eigenvalue weighted by Gasteiger charge is 2.33. The van der Waals surface area contributed by atoms with Crippen molar-refractivity contribution in [1.29, 1.82) is 0 Å². The fourth-order valence-electron chi connectivity index (χ4n) is 2.66. The van der Waals surface area contributed by atoms with Gasteiger partial charge >= 0.3 is 5.97 Å². The first kappa shape index (κ1) is 17.9. The van der Waals surface area contributed by atoms with E-state index >= 15 is 0 Å². The number of ether oxygens (including phenoxy) is 1. The summed E-state index contributed by atoms with van der Waals surface area (Å²) in [5, 5.41) is 5.58. The topological polar surface area (TPSA) is 87.7 Å². The second-order valence-corrected chi connectivity index (χ2v) is 5.92. The highest BCUT2D eigenvalue weighted by Crippen LogP contribution is 2.17. The normalized spacial score (nSPS) is 18.0. The maximum Gasteiger partial charge on any atom is 0.307 e. The lowest BCUT2D eigenvalue weighted by atomic mass is 10.1. The molecule has 0 spiro atoms. The van der Waals surface area contributed by atoms with Crippen LogP contribution in [0.1, 0.15) is 17.5 Å². The third-order valence-corrected chi connectivity index (χ3v) is 4.04. The number of hydrogen-bond donors (Lipinski definition) is 2. The molecule has 1 aliphatic rings. The smallest absolute Gasteiger partial charge is 0.307 e. The molecule has 130 valence electrons. The van der Waals surface area contributed by atoms with Crippen molar-refractivity contribution >= 4 is 23.5 Å². The maximum atomic E-state index is 12.4. The van der Waals surface area contributed by atoms with E-state index in [9.17, 15) is 14.4 Å². The van der Waals surface area contributed by atoms with Gasteiger partial charge in [0.2, 0.25) is 11.8 Å². The zero-order chi connectivity index (χ0) is 17.7. The molecular weight excluding hydrogens is 310 g/mol. The minimum Gasteiger partial charge on any atom is -0.469 e. The van der Waals surface area contributed by atoms with Crippen molar-refractivity contribution in [1.82, 2.24) is 10.2 Å². The Balaban J connectivity index is 2.03. The number of carbonyl (C=O) groups excluding carboxylic acids is 3. The number of amides is 2. The van der Waals surface area contributed by atoms with Gasteiger partial charge in [0.15, 0.2) is 0 Å². The maximum absolute atomic E-state index is 12.4. The Hall–Kier alpha value is -2.41. The van der Waals surface area contributed by atoms with Crippen molar-refractivity contribution in [3.05, 3.63) is 29.3 Å². The predicted octanol–water partition coefficient (Wildman–Crippen LogP) is 0.605. The van der Waals surface area contributed by atoms with Crippen LogP contribution in [0.25, 0.3) is 0 Å². The van der Waals surface area contributed by atoms with Gasteiger partial charge in [0.1, 0.15) is 6.04 Å². The summed E-state index contributed by atoms with van der Waals surface area (Å²) >= 11 is 0. The molecule has 0 bridgehead atoms. The van der Waals surface area contributed by atoms with E-state index in [0.717, 1.165) is 16.8 Å². The number of aryl methyl sites for hydroxylation is 2. The van der Waals surface area contributed by atoms with Crippen molar-refractivity contribution in [3.8, 4) is 0 Å². The summed E-state index contributed by atoms with van der Waals surface area (Å²) in [6.07, 6.45) is -0.0704. The van der Waals surface area contributed by atoms with E-state index in [-0.39, 0.29) is 24.8 Å².